The molecular formula is C34H46O4. The second-order valence-corrected chi connectivity index (χ2v) is 11.1. The lowest BCUT2D eigenvalue weighted by Crippen LogP contribution is -2.26. The third kappa shape index (κ3) is 4.92. The lowest BCUT2D eigenvalue weighted by Gasteiger charge is -2.35. The third-order valence-corrected chi connectivity index (χ3v) is 8.72. The van der Waals surface area contributed by atoms with Gasteiger partial charge in [0, 0.05) is 0 Å². The first-order valence-corrected chi connectivity index (χ1v) is 15.0. The maximum Gasteiger partial charge on any atom is 0.339 e. The van der Waals surface area contributed by atoms with Crippen molar-refractivity contribution in [2.45, 2.75) is 118 Å². The van der Waals surface area contributed by atoms with Gasteiger partial charge >= 0.3 is 11.9 Å². The number of ether oxygens (including phenoxy) is 2. The summed E-state index contributed by atoms with van der Waals surface area (Å²) in [4.78, 5) is 26.6. The van der Waals surface area contributed by atoms with Gasteiger partial charge < -0.3 is 9.47 Å². The molecule has 0 atom stereocenters. The number of hydrogen-bond donors (Lipinski definition) is 0. The van der Waals surface area contributed by atoms with Gasteiger partial charge in [-0.05, 0) is 120 Å². The number of rotatable bonds is 10. The lowest BCUT2D eigenvalue weighted by molar-refractivity contribution is 0.0552. The Morgan fingerprint density at radius 2 is 0.842 bits per heavy atom. The number of fused-ring (bicyclic) bond motifs is 3. The second-order valence-electron chi connectivity index (χ2n) is 11.1. The quantitative estimate of drug-likeness (QED) is 0.262. The highest BCUT2D eigenvalue weighted by Crippen LogP contribution is 2.44. The van der Waals surface area contributed by atoms with Crippen molar-refractivity contribution in [3.63, 3.8) is 0 Å². The van der Waals surface area contributed by atoms with Crippen LogP contribution in [-0.4, -0.2) is 26.2 Å². The minimum atomic E-state index is -0.425. The Kier molecular flexibility index (Phi) is 9.33. The van der Waals surface area contributed by atoms with E-state index < -0.39 is 11.9 Å². The Bertz CT molecular complexity index is 1130. The summed E-state index contributed by atoms with van der Waals surface area (Å²) in [5.41, 5.74) is 14.9. The molecule has 0 fully saturated rings. The monoisotopic (exact) mass is 518 g/mol. The van der Waals surface area contributed by atoms with Crippen LogP contribution in [0.5, 0.6) is 0 Å². The molecular weight excluding hydrogens is 472 g/mol. The highest BCUT2D eigenvalue weighted by molar-refractivity contribution is 6.06. The summed E-state index contributed by atoms with van der Waals surface area (Å²) in [5.74, 6) is -0.851. The van der Waals surface area contributed by atoms with Gasteiger partial charge in [0.05, 0.1) is 25.3 Å². The number of hydrogen-bond acceptors (Lipinski definition) is 4. The van der Waals surface area contributed by atoms with Gasteiger partial charge in [-0.15, -0.1) is 0 Å². The van der Waals surface area contributed by atoms with E-state index in [1.54, 1.807) is 22.3 Å². The van der Waals surface area contributed by atoms with E-state index in [-0.39, 0.29) is 0 Å². The van der Waals surface area contributed by atoms with Crippen LogP contribution in [0, 0.1) is 0 Å². The van der Waals surface area contributed by atoms with Crippen molar-refractivity contribution in [2.24, 2.45) is 0 Å². The molecule has 2 aliphatic rings. The number of methoxy groups -OCH3 is 2. The van der Waals surface area contributed by atoms with E-state index in [0.717, 1.165) is 75.3 Å². The van der Waals surface area contributed by atoms with Gasteiger partial charge in [0.2, 0.25) is 0 Å². The zero-order valence-electron chi connectivity index (χ0n) is 24.5. The van der Waals surface area contributed by atoms with Crippen LogP contribution in [0.25, 0.3) is 0 Å². The molecule has 0 amide bonds. The number of esters is 2. The highest BCUT2D eigenvalue weighted by Gasteiger charge is 2.35. The van der Waals surface area contributed by atoms with Crippen LogP contribution in [0.1, 0.15) is 143 Å². The van der Waals surface area contributed by atoms with E-state index in [1.807, 2.05) is 0 Å². The van der Waals surface area contributed by atoms with E-state index in [4.69, 9.17) is 9.47 Å². The van der Waals surface area contributed by atoms with E-state index in [9.17, 15) is 9.59 Å². The summed E-state index contributed by atoms with van der Waals surface area (Å²) >= 11 is 0. The molecule has 2 aromatic carbocycles. The summed E-state index contributed by atoms with van der Waals surface area (Å²) in [6, 6.07) is 0. The SMILES string of the molecule is CCCc1c2c(c(CCC)c3c1Cc1c(c(CCC)c(C(=O)OC)c(C(=O)OC)c1CCC)C3)CCCC2. The summed E-state index contributed by atoms with van der Waals surface area (Å²) in [5, 5.41) is 0. The minimum absolute atomic E-state index is 0.425. The van der Waals surface area contributed by atoms with E-state index in [1.165, 1.54) is 62.2 Å². The molecule has 206 valence electrons. The summed E-state index contributed by atoms with van der Waals surface area (Å²) in [7, 11) is 2.83. The summed E-state index contributed by atoms with van der Waals surface area (Å²) in [6.45, 7) is 8.86. The molecule has 0 N–H and O–H groups in total. The molecule has 4 rings (SSSR count). The molecule has 2 aliphatic carbocycles. The molecule has 0 saturated heterocycles. The van der Waals surface area contributed by atoms with Crippen LogP contribution < -0.4 is 0 Å². The molecule has 38 heavy (non-hydrogen) atoms. The van der Waals surface area contributed by atoms with E-state index in [0.29, 0.717) is 11.1 Å². The minimum Gasteiger partial charge on any atom is -0.465 e. The van der Waals surface area contributed by atoms with Crippen LogP contribution in [0.2, 0.25) is 0 Å². The number of benzene rings is 2. The fourth-order valence-corrected chi connectivity index (χ4v) is 7.28. The van der Waals surface area contributed by atoms with Crippen molar-refractivity contribution in [3.8, 4) is 0 Å². The summed E-state index contributed by atoms with van der Waals surface area (Å²) in [6.07, 6.45) is 14.4. The Morgan fingerprint density at radius 3 is 1.16 bits per heavy atom. The molecule has 0 radical (unpaired) electrons. The Labute approximate surface area is 229 Å². The van der Waals surface area contributed by atoms with Gasteiger partial charge in [0.15, 0.2) is 0 Å². The standard InChI is InChI=1S/C34H46O4/c1-7-13-21-23-17-11-12-18-24(23)22(14-8-2)28-20-30-26(16-10-4)32(34(36)38-6)31(33(35)37-5)25(15-9-3)29(30)19-27(21)28/h7-20H2,1-6H3. The van der Waals surface area contributed by atoms with Crippen LogP contribution in [0.15, 0.2) is 0 Å². The molecule has 0 bridgehead atoms. The predicted octanol–water partition coefficient (Wildman–Crippen LogP) is 7.44. The molecule has 0 saturated carbocycles. The topological polar surface area (TPSA) is 52.6 Å². The first-order valence-electron chi connectivity index (χ1n) is 15.0. The van der Waals surface area contributed by atoms with Crippen LogP contribution in [0.4, 0.5) is 0 Å². The molecule has 0 spiro atoms. The Balaban J connectivity index is 2.10. The predicted molar refractivity (Wildman–Crippen MR) is 154 cm³/mol. The van der Waals surface area contributed by atoms with Crippen molar-refractivity contribution < 1.29 is 19.1 Å². The summed E-state index contributed by atoms with van der Waals surface area (Å²) < 4.78 is 10.6. The van der Waals surface area contributed by atoms with Crippen molar-refractivity contribution >= 4 is 11.9 Å². The molecule has 4 nitrogen and oxygen atoms in total. The Morgan fingerprint density at radius 1 is 0.526 bits per heavy atom. The van der Waals surface area contributed by atoms with Gasteiger partial charge in [-0.25, -0.2) is 9.59 Å². The van der Waals surface area contributed by atoms with Gasteiger partial charge in [0.25, 0.3) is 0 Å². The molecule has 0 aromatic heterocycles. The fraction of sp³-hybridized carbons (Fsp3) is 0.588. The molecule has 0 aliphatic heterocycles. The van der Waals surface area contributed by atoms with E-state index >= 15 is 0 Å². The van der Waals surface area contributed by atoms with Crippen molar-refractivity contribution in [1.82, 2.24) is 0 Å². The molecule has 4 heteroatoms. The van der Waals surface area contributed by atoms with Crippen LogP contribution in [-0.2, 0) is 60.8 Å². The maximum absolute atomic E-state index is 13.3. The lowest BCUT2D eigenvalue weighted by atomic mass is 9.69. The largest absolute Gasteiger partial charge is 0.465 e. The molecule has 0 heterocycles. The van der Waals surface area contributed by atoms with Crippen LogP contribution in [0.3, 0.4) is 0 Å². The third-order valence-electron chi connectivity index (χ3n) is 8.72. The van der Waals surface area contributed by atoms with Crippen LogP contribution >= 0.6 is 0 Å². The second kappa shape index (κ2) is 12.5. The van der Waals surface area contributed by atoms with Gasteiger partial charge in [-0.3, -0.25) is 0 Å². The molecule has 0 unspecified atom stereocenters. The van der Waals surface area contributed by atoms with Crippen molar-refractivity contribution in [2.75, 3.05) is 14.2 Å². The zero-order valence-corrected chi connectivity index (χ0v) is 24.5. The first kappa shape index (κ1) is 28.4. The normalized spacial score (nSPS) is 13.9. The molecule has 2 aromatic rings. The highest BCUT2D eigenvalue weighted by atomic mass is 16.5. The maximum atomic E-state index is 13.3. The van der Waals surface area contributed by atoms with Gasteiger partial charge in [0.1, 0.15) is 0 Å². The number of carbonyl (C=O) groups is 2. The average molecular weight is 519 g/mol. The first-order chi connectivity index (χ1) is 18.5. The van der Waals surface area contributed by atoms with E-state index in [2.05, 4.69) is 27.7 Å². The van der Waals surface area contributed by atoms with Gasteiger partial charge in [-0.2, -0.15) is 0 Å². The zero-order chi connectivity index (χ0) is 27.4. The van der Waals surface area contributed by atoms with Crippen molar-refractivity contribution in [1.29, 1.82) is 0 Å². The smallest absolute Gasteiger partial charge is 0.339 e. The number of carbonyl (C=O) groups excluding carboxylic acids is 2. The van der Waals surface area contributed by atoms with Crippen molar-refractivity contribution in [3.05, 3.63) is 66.8 Å². The average Bonchev–Trinajstić information content (AvgIpc) is 2.94. The van der Waals surface area contributed by atoms with Gasteiger partial charge in [-0.1, -0.05) is 53.4 Å². The Hall–Kier alpha value is -2.62. The fourth-order valence-electron chi connectivity index (χ4n) is 7.28.